The fourth-order valence-corrected chi connectivity index (χ4v) is 4.34. The summed E-state index contributed by atoms with van der Waals surface area (Å²) in [5, 5.41) is 4.34. The van der Waals surface area contributed by atoms with Crippen molar-refractivity contribution < 1.29 is 14.3 Å². The predicted molar refractivity (Wildman–Crippen MR) is 110 cm³/mol. The van der Waals surface area contributed by atoms with Crippen molar-refractivity contribution in [1.82, 2.24) is 19.8 Å². The number of carbonyl (C=O) groups excluding carboxylic acids is 1. The Morgan fingerprint density at radius 2 is 2.36 bits per heavy atom. The van der Waals surface area contributed by atoms with Crippen LogP contribution in [-0.2, 0) is 27.4 Å². The molecular weight excluding hydrogens is 424 g/mol. The lowest BCUT2D eigenvalue weighted by molar-refractivity contribution is -0.146. The van der Waals surface area contributed by atoms with E-state index in [-0.39, 0.29) is 12.0 Å². The molecule has 1 N–H and O–H groups in total. The molecule has 28 heavy (non-hydrogen) atoms. The zero-order valence-corrected chi connectivity index (χ0v) is 17.8. The highest BCUT2D eigenvalue weighted by molar-refractivity contribution is 9.10. The zero-order chi connectivity index (χ0) is 19.5. The first-order chi connectivity index (χ1) is 13.7. The van der Waals surface area contributed by atoms with Gasteiger partial charge in [0.05, 0.1) is 6.61 Å². The van der Waals surface area contributed by atoms with Gasteiger partial charge in [0.25, 0.3) is 5.91 Å². The van der Waals surface area contributed by atoms with Crippen molar-refractivity contribution in [2.24, 2.45) is 0 Å². The van der Waals surface area contributed by atoms with Crippen molar-refractivity contribution in [1.29, 1.82) is 0 Å². The van der Waals surface area contributed by atoms with Gasteiger partial charge >= 0.3 is 0 Å². The number of hydrogen-bond donors (Lipinski definition) is 1. The summed E-state index contributed by atoms with van der Waals surface area (Å²) in [6.07, 6.45) is 6.62. The van der Waals surface area contributed by atoms with Gasteiger partial charge in [0.2, 0.25) is 0 Å². The first-order valence-corrected chi connectivity index (χ1v) is 10.7. The Morgan fingerprint density at radius 1 is 1.50 bits per heavy atom. The lowest BCUT2D eigenvalue weighted by Crippen LogP contribution is -2.49. The molecule has 2 aromatic heterocycles. The number of halogens is 1. The molecule has 0 radical (unpaired) electrons. The Hall–Kier alpha value is -1.48. The normalized spacial score (nSPS) is 19.9. The van der Waals surface area contributed by atoms with Gasteiger partial charge in [-0.2, -0.15) is 0 Å². The third kappa shape index (κ3) is 4.25. The molecule has 152 valence electrons. The molecule has 1 saturated heterocycles. The SMILES string of the molecule is COCCCn1cc(CN(C(=O)[C@H]2CNCCO2)C2CC2)c2c(Br)ccnc21. The highest BCUT2D eigenvalue weighted by atomic mass is 79.9. The quantitative estimate of drug-likeness (QED) is 0.624. The number of pyridine rings is 1. The van der Waals surface area contributed by atoms with Gasteiger partial charge in [-0.05, 0) is 46.8 Å². The van der Waals surface area contributed by atoms with Crippen LogP contribution in [0.15, 0.2) is 22.9 Å². The fraction of sp³-hybridized carbons (Fsp3) is 0.600. The first-order valence-electron chi connectivity index (χ1n) is 9.93. The molecule has 0 spiro atoms. The van der Waals surface area contributed by atoms with E-state index in [0.717, 1.165) is 53.4 Å². The van der Waals surface area contributed by atoms with Crippen molar-refractivity contribution >= 4 is 32.9 Å². The van der Waals surface area contributed by atoms with Crippen molar-refractivity contribution in [2.45, 2.75) is 44.5 Å². The van der Waals surface area contributed by atoms with Crippen LogP contribution in [0.1, 0.15) is 24.8 Å². The fourth-order valence-electron chi connectivity index (χ4n) is 3.79. The van der Waals surface area contributed by atoms with Gasteiger partial charge in [-0.1, -0.05) is 0 Å². The number of fused-ring (bicyclic) bond motifs is 1. The molecule has 0 unspecified atom stereocenters. The van der Waals surface area contributed by atoms with E-state index < -0.39 is 0 Å². The summed E-state index contributed by atoms with van der Waals surface area (Å²) in [7, 11) is 1.72. The molecule has 2 fully saturated rings. The van der Waals surface area contributed by atoms with Crippen LogP contribution >= 0.6 is 15.9 Å². The Morgan fingerprint density at radius 3 is 3.07 bits per heavy atom. The van der Waals surface area contributed by atoms with Gasteiger partial charge < -0.3 is 24.3 Å². The van der Waals surface area contributed by atoms with Crippen molar-refractivity contribution in [2.75, 3.05) is 33.4 Å². The number of amides is 1. The molecule has 2 aromatic rings. The summed E-state index contributed by atoms with van der Waals surface area (Å²) in [6.45, 7) is 4.11. The number of morpholine rings is 1. The topological polar surface area (TPSA) is 68.6 Å². The molecule has 3 heterocycles. The molecule has 4 rings (SSSR count). The number of nitrogens with zero attached hydrogens (tertiary/aromatic N) is 3. The van der Waals surface area contributed by atoms with Crippen molar-refractivity contribution in [3.63, 3.8) is 0 Å². The van der Waals surface area contributed by atoms with E-state index in [4.69, 9.17) is 9.47 Å². The number of ether oxygens (including phenoxy) is 2. The predicted octanol–water partition coefficient (Wildman–Crippen LogP) is 2.31. The monoisotopic (exact) mass is 450 g/mol. The van der Waals surface area contributed by atoms with Gasteiger partial charge in [0.15, 0.2) is 0 Å². The number of rotatable bonds is 8. The molecule has 1 aliphatic heterocycles. The largest absolute Gasteiger partial charge is 0.385 e. The number of carbonyl (C=O) groups is 1. The molecule has 2 aliphatic rings. The van der Waals surface area contributed by atoms with Crippen LogP contribution in [0.4, 0.5) is 0 Å². The number of aryl methyl sites for hydroxylation is 1. The Labute approximate surface area is 173 Å². The van der Waals surface area contributed by atoms with Crippen molar-refractivity contribution in [3.8, 4) is 0 Å². The highest BCUT2D eigenvalue weighted by Crippen LogP contribution is 2.33. The van der Waals surface area contributed by atoms with E-state index >= 15 is 0 Å². The van der Waals surface area contributed by atoms with E-state index in [9.17, 15) is 4.79 Å². The van der Waals surface area contributed by atoms with Crippen LogP contribution in [0.3, 0.4) is 0 Å². The second-order valence-corrected chi connectivity index (χ2v) is 8.30. The summed E-state index contributed by atoms with van der Waals surface area (Å²) in [4.78, 5) is 19.7. The minimum atomic E-state index is -0.383. The Kier molecular flexibility index (Phi) is 6.30. The lowest BCUT2D eigenvalue weighted by Gasteiger charge is -2.30. The molecule has 1 atom stereocenters. The Balaban J connectivity index is 1.60. The maximum Gasteiger partial charge on any atom is 0.253 e. The van der Waals surface area contributed by atoms with E-state index in [2.05, 4.69) is 37.0 Å². The average Bonchev–Trinajstić information content (AvgIpc) is 3.50. The molecule has 8 heteroatoms. The summed E-state index contributed by atoms with van der Waals surface area (Å²) >= 11 is 3.68. The van der Waals surface area contributed by atoms with Crippen molar-refractivity contribution in [3.05, 3.63) is 28.5 Å². The molecule has 1 aliphatic carbocycles. The molecule has 0 aromatic carbocycles. The maximum absolute atomic E-state index is 13.1. The number of nitrogens with one attached hydrogen (secondary N) is 1. The molecule has 0 bridgehead atoms. The smallest absolute Gasteiger partial charge is 0.253 e. The van der Waals surface area contributed by atoms with E-state index in [0.29, 0.717) is 32.3 Å². The number of methoxy groups -OCH3 is 1. The zero-order valence-electron chi connectivity index (χ0n) is 16.2. The third-order valence-corrected chi connectivity index (χ3v) is 6.01. The highest BCUT2D eigenvalue weighted by Gasteiger charge is 2.37. The second kappa shape index (κ2) is 8.90. The molecule has 1 amide bonds. The Bertz CT molecular complexity index is 830. The minimum absolute atomic E-state index is 0.0926. The van der Waals surface area contributed by atoms with Gasteiger partial charge in [0.1, 0.15) is 11.8 Å². The van der Waals surface area contributed by atoms with E-state index in [1.54, 1.807) is 7.11 Å². The van der Waals surface area contributed by atoms with E-state index in [1.165, 1.54) is 0 Å². The molecular formula is C20H27BrN4O3. The van der Waals surface area contributed by atoms with Crippen LogP contribution in [-0.4, -0.2) is 65.9 Å². The van der Waals surface area contributed by atoms with Crippen LogP contribution < -0.4 is 5.32 Å². The van der Waals surface area contributed by atoms with Gasteiger partial charge in [-0.3, -0.25) is 4.79 Å². The summed E-state index contributed by atoms with van der Waals surface area (Å²) < 4.78 is 14.1. The lowest BCUT2D eigenvalue weighted by atomic mass is 10.2. The summed E-state index contributed by atoms with van der Waals surface area (Å²) in [5.41, 5.74) is 2.07. The van der Waals surface area contributed by atoms with E-state index in [1.807, 2.05) is 17.2 Å². The number of hydrogen-bond acceptors (Lipinski definition) is 5. The molecule has 7 nitrogen and oxygen atoms in total. The van der Waals surface area contributed by atoms with Gasteiger partial charge in [-0.15, -0.1) is 0 Å². The van der Waals surface area contributed by atoms with Gasteiger partial charge in [-0.25, -0.2) is 4.98 Å². The van der Waals surface area contributed by atoms with Crippen LogP contribution in [0.5, 0.6) is 0 Å². The second-order valence-electron chi connectivity index (χ2n) is 7.45. The average molecular weight is 451 g/mol. The maximum atomic E-state index is 13.1. The molecule has 1 saturated carbocycles. The summed E-state index contributed by atoms with van der Waals surface area (Å²) in [6, 6.07) is 2.28. The van der Waals surface area contributed by atoms with Crippen LogP contribution in [0.2, 0.25) is 0 Å². The summed E-state index contributed by atoms with van der Waals surface area (Å²) in [5.74, 6) is 0.0926. The van der Waals surface area contributed by atoms with Gasteiger partial charge in [0, 0.05) is 68.2 Å². The minimum Gasteiger partial charge on any atom is -0.385 e. The standard InChI is InChI=1S/C20H27BrN4O3/c1-27-9-2-8-24-12-14(18-16(21)5-6-23-19(18)24)13-25(15-3-4-15)20(26)17-11-22-7-10-28-17/h5-6,12,15,17,22H,2-4,7-11,13H2,1H3/t17-/m1/s1. The van der Waals surface area contributed by atoms with Crippen LogP contribution in [0.25, 0.3) is 11.0 Å². The first kappa shape index (κ1) is 19.8. The third-order valence-electron chi connectivity index (χ3n) is 5.35. The number of aromatic nitrogens is 2. The van der Waals surface area contributed by atoms with Crippen LogP contribution in [0, 0.1) is 0 Å².